The van der Waals surface area contributed by atoms with Gasteiger partial charge >= 0.3 is 0 Å². The van der Waals surface area contributed by atoms with Gasteiger partial charge in [-0.15, -0.1) is 11.8 Å². The maximum absolute atomic E-state index is 3.85. The molecule has 1 heterocycles. The third kappa shape index (κ3) is 2.21. The first kappa shape index (κ1) is 9.85. The molecule has 1 aliphatic heterocycles. The Bertz CT molecular complexity index is 175. The van der Waals surface area contributed by atoms with Crippen molar-refractivity contribution in [3.63, 3.8) is 0 Å². The van der Waals surface area contributed by atoms with E-state index in [1.54, 1.807) is 0 Å². The van der Waals surface area contributed by atoms with Gasteiger partial charge in [0.05, 0.1) is 4.87 Å². The van der Waals surface area contributed by atoms with E-state index in [1.807, 2.05) is 0 Å². The van der Waals surface area contributed by atoms with Crippen LogP contribution in [0.3, 0.4) is 0 Å². The van der Waals surface area contributed by atoms with Gasteiger partial charge in [-0.1, -0.05) is 25.7 Å². The van der Waals surface area contributed by atoms with E-state index in [0.717, 1.165) is 0 Å². The zero-order valence-corrected chi connectivity index (χ0v) is 9.67. The van der Waals surface area contributed by atoms with Crippen LogP contribution in [0.25, 0.3) is 0 Å². The van der Waals surface area contributed by atoms with Gasteiger partial charge in [-0.3, -0.25) is 5.32 Å². The van der Waals surface area contributed by atoms with Crippen molar-refractivity contribution in [1.82, 2.24) is 5.32 Å². The topological polar surface area (TPSA) is 12.0 Å². The van der Waals surface area contributed by atoms with Gasteiger partial charge in [-0.25, -0.2) is 0 Å². The predicted octanol–water partition coefficient (Wildman–Crippen LogP) is 3.15. The van der Waals surface area contributed by atoms with E-state index in [1.165, 1.54) is 44.3 Å². The largest absolute Gasteiger partial charge is 0.297 e. The maximum Gasteiger partial charge on any atom is 0.0650 e. The molecule has 0 unspecified atom stereocenters. The second-order valence-electron chi connectivity index (χ2n) is 5.21. The number of rotatable bonds is 0. The van der Waals surface area contributed by atoms with Crippen LogP contribution in [0.4, 0.5) is 0 Å². The smallest absolute Gasteiger partial charge is 0.0650 e. The minimum absolute atomic E-state index is 0.370. The fourth-order valence-electron chi connectivity index (χ4n) is 2.58. The molecule has 2 aliphatic rings. The molecule has 1 N–H and O–H groups in total. The van der Waals surface area contributed by atoms with Crippen molar-refractivity contribution >= 4 is 11.8 Å². The van der Waals surface area contributed by atoms with Crippen LogP contribution in [0, 0.1) is 0 Å². The van der Waals surface area contributed by atoms with E-state index in [0.29, 0.717) is 10.4 Å². The number of nitrogens with one attached hydrogen (secondary N) is 1. The van der Waals surface area contributed by atoms with E-state index in [-0.39, 0.29) is 0 Å². The minimum Gasteiger partial charge on any atom is -0.297 e. The molecule has 1 nitrogen and oxygen atoms in total. The summed E-state index contributed by atoms with van der Waals surface area (Å²) in [5.74, 6) is 1.28. The number of thioether (sulfide) groups is 1. The maximum atomic E-state index is 3.85. The molecule has 13 heavy (non-hydrogen) atoms. The standard InChI is InChI=1S/C11H21NS/c1-10(2)9-13-11(12-10)7-5-3-4-6-8-11/h12H,3-9H2,1-2H3. The first-order chi connectivity index (χ1) is 6.12. The fourth-order valence-corrected chi connectivity index (χ4v) is 4.21. The molecule has 0 amide bonds. The zero-order chi connectivity index (χ0) is 9.36. The lowest BCUT2D eigenvalue weighted by Crippen LogP contribution is -2.46. The molecule has 2 fully saturated rings. The molecule has 1 saturated carbocycles. The highest BCUT2D eigenvalue weighted by atomic mass is 32.2. The van der Waals surface area contributed by atoms with Crippen LogP contribution >= 0.6 is 11.8 Å². The second-order valence-corrected chi connectivity index (χ2v) is 6.56. The van der Waals surface area contributed by atoms with E-state index in [9.17, 15) is 0 Å². The van der Waals surface area contributed by atoms with Gasteiger partial charge in [0, 0.05) is 11.3 Å². The van der Waals surface area contributed by atoms with E-state index in [4.69, 9.17) is 0 Å². The van der Waals surface area contributed by atoms with Gasteiger partial charge in [0.15, 0.2) is 0 Å². The normalized spacial score (nSPS) is 31.8. The van der Waals surface area contributed by atoms with Crippen molar-refractivity contribution in [3.8, 4) is 0 Å². The highest BCUT2D eigenvalue weighted by Crippen LogP contribution is 2.44. The predicted molar refractivity (Wildman–Crippen MR) is 60.1 cm³/mol. The van der Waals surface area contributed by atoms with Crippen LogP contribution in [0.1, 0.15) is 52.4 Å². The second kappa shape index (κ2) is 3.47. The van der Waals surface area contributed by atoms with Crippen molar-refractivity contribution < 1.29 is 0 Å². The Balaban J connectivity index is 2.03. The SMILES string of the molecule is CC1(C)CSC2(CCCCCC2)N1. The van der Waals surface area contributed by atoms with E-state index >= 15 is 0 Å². The Morgan fingerprint density at radius 3 is 2.08 bits per heavy atom. The quantitative estimate of drug-likeness (QED) is 0.643. The highest BCUT2D eigenvalue weighted by Gasteiger charge is 2.42. The summed E-state index contributed by atoms with van der Waals surface area (Å²) in [7, 11) is 0. The molecule has 2 rings (SSSR count). The molecule has 0 radical (unpaired) electrons. The Morgan fingerprint density at radius 1 is 1.00 bits per heavy atom. The van der Waals surface area contributed by atoms with Crippen LogP contribution in [0.5, 0.6) is 0 Å². The summed E-state index contributed by atoms with van der Waals surface area (Å²) in [5.41, 5.74) is 0.370. The molecule has 0 aromatic rings. The molecular weight excluding hydrogens is 178 g/mol. The zero-order valence-electron chi connectivity index (χ0n) is 8.86. The Kier molecular flexibility index (Phi) is 2.63. The van der Waals surface area contributed by atoms with E-state index in [2.05, 4.69) is 30.9 Å². The van der Waals surface area contributed by atoms with E-state index < -0.39 is 0 Å². The van der Waals surface area contributed by atoms with Gasteiger partial charge in [0.2, 0.25) is 0 Å². The third-order valence-corrected chi connectivity index (χ3v) is 5.12. The molecule has 0 aromatic heterocycles. The summed E-state index contributed by atoms with van der Waals surface area (Å²) < 4.78 is 0. The highest BCUT2D eigenvalue weighted by molar-refractivity contribution is 8.00. The molecule has 0 aromatic carbocycles. The molecule has 1 spiro atoms. The Hall–Kier alpha value is 0.310. The summed E-state index contributed by atoms with van der Waals surface area (Å²) in [6.45, 7) is 4.67. The minimum atomic E-state index is 0.370. The van der Waals surface area contributed by atoms with Gasteiger partial charge in [-0.2, -0.15) is 0 Å². The first-order valence-corrected chi connectivity index (χ1v) is 6.54. The molecule has 0 bridgehead atoms. The Morgan fingerprint density at radius 2 is 1.62 bits per heavy atom. The van der Waals surface area contributed by atoms with Crippen molar-refractivity contribution in [2.75, 3.05) is 5.75 Å². The lowest BCUT2D eigenvalue weighted by Gasteiger charge is -2.30. The van der Waals surface area contributed by atoms with Crippen molar-refractivity contribution in [2.24, 2.45) is 0 Å². The average Bonchev–Trinajstić information content (AvgIpc) is 2.26. The number of hydrogen-bond donors (Lipinski definition) is 1. The fraction of sp³-hybridized carbons (Fsp3) is 1.00. The van der Waals surface area contributed by atoms with Crippen LogP contribution in [0.2, 0.25) is 0 Å². The summed E-state index contributed by atoms with van der Waals surface area (Å²) in [4.78, 5) is 0.458. The van der Waals surface area contributed by atoms with Crippen LogP contribution < -0.4 is 5.32 Å². The third-order valence-electron chi connectivity index (χ3n) is 3.19. The van der Waals surface area contributed by atoms with Gasteiger partial charge in [-0.05, 0) is 26.7 Å². The average molecular weight is 199 g/mol. The molecular formula is C11H21NS. The Labute approximate surface area is 86.0 Å². The monoisotopic (exact) mass is 199 g/mol. The number of hydrogen-bond acceptors (Lipinski definition) is 2. The van der Waals surface area contributed by atoms with Gasteiger partial charge < -0.3 is 0 Å². The van der Waals surface area contributed by atoms with Crippen molar-refractivity contribution in [2.45, 2.75) is 62.8 Å². The van der Waals surface area contributed by atoms with Gasteiger partial charge in [0.25, 0.3) is 0 Å². The van der Waals surface area contributed by atoms with Gasteiger partial charge in [0.1, 0.15) is 0 Å². The lowest BCUT2D eigenvalue weighted by molar-refractivity contribution is 0.337. The van der Waals surface area contributed by atoms with Crippen LogP contribution in [-0.4, -0.2) is 16.2 Å². The molecule has 1 aliphatic carbocycles. The lowest BCUT2D eigenvalue weighted by atomic mass is 10.0. The molecule has 0 atom stereocenters. The summed E-state index contributed by atoms with van der Waals surface area (Å²) in [6.07, 6.45) is 8.53. The first-order valence-electron chi connectivity index (χ1n) is 5.55. The van der Waals surface area contributed by atoms with Crippen molar-refractivity contribution in [1.29, 1.82) is 0 Å². The van der Waals surface area contributed by atoms with Crippen LogP contribution in [0.15, 0.2) is 0 Å². The summed E-state index contributed by atoms with van der Waals surface area (Å²) in [6, 6.07) is 0. The molecule has 2 heteroatoms. The summed E-state index contributed by atoms with van der Waals surface area (Å²) in [5, 5.41) is 3.85. The van der Waals surface area contributed by atoms with Crippen LogP contribution in [-0.2, 0) is 0 Å². The van der Waals surface area contributed by atoms with Crippen molar-refractivity contribution in [3.05, 3.63) is 0 Å². The summed E-state index contributed by atoms with van der Waals surface area (Å²) >= 11 is 2.17. The molecule has 1 saturated heterocycles. The molecule has 76 valence electrons.